The number of aliphatic hydroxyl groups is 4. The van der Waals surface area contributed by atoms with Gasteiger partial charge in [-0.3, -0.25) is 0 Å². The van der Waals surface area contributed by atoms with Crippen LogP contribution in [0.3, 0.4) is 0 Å². The highest BCUT2D eigenvalue weighted by molar-refractivity contribution is 5.90. The minimum absolute atomic E-state index is 0.00356. The molecule has 0 spiro atoms. The first-order valence-electron chi connectivity index (χ1n) is 17.7. The Morgan fingerprint density at radius 2 is 1.16 bits per heavy atom. The lowest BCUT2D eigenvalue weighted by Crippen LogP contribution is -2.33. The molecule has 0 aromatic carbocycles. The van der Waals surface area contributed by atoms with Crippen LogP contribution in [-0.2, 0) is 19.0 Å². The second-order valence-electron chi connectivity index (χ2n) is 13.5. The van der Waals surface area contributed by atoms with Gasteiger partial charge >= 0.3 is 5.97 Å². The van der Waals surface area contributed by atoms with Crippen molar-refractivity contribution in [1.82, 2.24) is 0 Å². The average molecular weight is 611 g/mol. The quantitative estimate of drug-likeness (QED) is 0.0814. The molecule has 0 amide bonds. The molecule has 0 bridgehead atoms. The third-order valence-corrected chi connectivity index (χ3v) is 9.61. The second kappa shape index (κ2) is 20.2. The number of hydrogen-bond donors (Lipinski definition) is 4. The third kappa shape index (κ3) is 13.5. The Morgan fingerprint density at radius 1 is 0.674 bits per heavy atom. The smallest absolute Gasteiger partial charge is 0.334 e. The predicted molar refractivity (Wildman–Crippen MR) is 168 cm³/mol. The first-order valence-corrected chi connectivity index (χ1v) is 17.7. The molecule has 8 heteroatoms. The number of cyclic esters (lactones) is 1. The van der Waals surface area contributed by atoms with Gasteiger partial charge in [0.15, 0.2) is 0 Å². The van der Waals surface area contributed by atoms with E-state index in [9.17, 15) is 25.2 Å². The van der Waals surface area contributed by atoms with Gasteiger partial charge in [0.05, 0.1) is 48.8 Å². The lowest BCUT2D eigenvalue weighted by Gasteiger charge is -2.24. The van der Waals surface area contributed by atoms with Crippen molar-refractivity contribution < 1.29 is 39.4 Å². The summed E-state index contributed by atoms with van der Waals surface area (Å²) in [6, 6.07) is 0. The largest absolute Gasteiger partial charge is 0.455 e. The van der Waals surface area contributed by atoms with Gasteiger partial charge < -0.3 is 34.6 Å². The van der Waals surface area contributed by atoms with Crippen molar-refractivity contribution in [2.45, 2.75) is 204 Å². The summed E-state index contributed by atoms with van der Waals surface area (Å²) in [4.78, 5) is 11.7. The van der Waals surface area contributed by atoms with Gasteiger partial charge in [-0.15, -0.1) is 0 Å². The molecule has 8 nitrogen and oxygen atoms in total. The van der Waals surface area contributed by atoms with Crippen molar-refractivity contribution in [3.05, 3.63) is 11.6 Å². The fourth-order valence-corrected chi connectivity index (χ4v) is 6.95. The van der Waals surface area contributed by atoms with Crippen LogP contribution in [0, 0.1) is 0 Å². The van der Waals surface area contributed by atoms with Crippen LogP contribution in [0.15, 0.2) is 11.6 Å². The van der Waals surface area contributed by atoms with E-state index in [0.717, 1.165) is 51.4 Å². The Morgan fingerprint density at radius 3 is 1.72 bits per heavy atom. The molecular weight excluding hydrogens is 548 g/mol. The maximum atomic E-state index is 11.7. The van der Waals surface area contributed by atoms with Crippen molar-refractivity contribution in [1.29, 1.82) is 0 Å². The monoisotopic (exact) mass is 610 g/mol. The molecule has 43 heavy (non-hydrogen) atoms. The molecule has 2 fully saturated rings. The Kier molecular flexibility index (Phi) is 17.1. The summed E-state index contributed by atoms with van der Waals surface area (Å²) in [6.07, 6.45) is 18.9. The molecule has 3 aliphatic rings. The number of ether oxygens (including phenoxy) is 3. The molecule has 0 aromatic rings. The van der Waals surface area contributed by atoms with Crippen molar-refractivity contribution in [3.8, 4) is 0 Å². The number of hydrogen-bond acceptors (Lipinski definition) is 8. The zero-order valence-corrected chi connectivity index (χ0v) is 27.0. The third-order valence-electron chi connectivity index (χ3n) is 9.61. The molecule has 0 aliphatic carbocycles. The molecule has 3 rings (SSSR count). The summed E-state index contributed by atoms with van der Waals surface area (Å²) in [6.45, 7) is 4.05. The SMILES string of the molecule is CCCCCCCCCC[C@H](O)[C@@H]1CC[C@@H]([C@@H]2CC[C@@H]([C@@H](O)CCCCC(O)CCCC(O)CC3=CC(C)OC3=O)O2)O1. The molecule has 9 atom stereocenters. The topological polar surface area (TPSA) is 126 Å². The van der Waals surface area contributed by atoms with E-state index in [2.05, 4.69) is 6.92 Å². The molecule has 3 aliphatic heterocycles. The van der Waals surface area contributed by atoms with Crippen molar-refractivity contribution in [3.63, 3.8) is 0 Å². The van der Waals surface area contributed by atoms with E-state index in [0.29, 0.717) is 44.1 Å². The van der Waals surface area contributed by atoms with Gasteiger partial charge in [0, 0.05) is 12.0 Å². The molecule has 3 unspecified atom stereocenters. The molecular formula is C35H62O8. The second-order valence-corrected chi connectivity index (χ2v) is 13.5. The Balaban J connectivity index is 1.19. The molecule has 0 radical (unpaired) electrons. The summed E-state index contributed by atoms with van der Waals surface area (Å²) in [5.41, 5.74) is 0.541. The van der Waals surface area contributed by atoms with Crippen LogP contribution in [-0.4, -0.2) is 81.3 Å². The number of unbranched alkanes of at least 4 members (excludes halogenated alkanes) is 8. The summed E-state index contributed by atoms with van der Waals surface area (Å²) in [5, 5.41) is 42.0. The van der Waals surface area contributed by atoms with E-state index < -0.39 is 24.4 Å². The lowest BCUT2D eigenvalue weighted by atomic mass is 9.99. The molecule has 250 valence electrons. The summed E-state index contributed by atoms with van der Waals surface area (Å²) in [5.74, 6) is -0.341. The summed E-state index contributed by atoms with van der Waals surface area (Å²) < 4.78 is 17.6. The predicted octanol–water partition coefficient (Wildman–Crippen LogP) is 6.05. The van der Waals surface area contributed by atoms with Crippen LogP contribution in [0.1, 0.15) is 149 Å². The van der Waals surface area contributed by atoms with Gasteiger partial charge in [-0.05, 0) is 77.2 Å². The average Bonchev–Trinajstić information content (AvgIpc) is 3.72. The molecule has 0 saturated carbocycles. The van der Waals surface area contributed by atoms with Crippen LogP contribution in [0.25, 0.3) is 0 Å². The van der Waals surface area contributed by atoms with Crippen LogP contribution >= 0.6 is 0 Å². The number of carbonyl (C=O) groups is 1. The van der Waals surface area contributed by atoms with E-state index in [-0.39, 0.29) is 36.5 Å². The number of carbonyl (C=O) groups excluding carboxylic acids is 1. The van der Waals surface area contributed by atoms with Gasteiger partial charge in [-0.2, -0.15) is 0 Å². The van der Waals surface area contributed by atoms with Gasteiger partial charge in [0.2, 0.25) is 0 Å². The maximum Gasteiger partial charge on any atom is 0.334 e. The minimum atomic E-state index is -0.605. The van der Waals surface area contributed by atoms with E-state index in [4.69, 9.17) is 14.2 Å². The molecule has 2 saturated heterocycles. The molecule has 0 aromatic heterocycles. The number of aliphatic hydroxyl groups excluding tert-OH is 4. The minimum Gasteiger partial charge on any atom is -0.455 e. The normalized spacial score (nSPS) is 28.6. The Hall–Kier alpha value is -1.03. The van der Waals surface area contributed by atoms with Gasteiger partial charge in [-0.25, -0.2) is 4.79 Å². The Labute approximate surface area is 260 Å². The highest BCUT2D eigenvalue weighted by atomic mass is 16.6. The molecule has 3 heterocycles. The highest BCUT2D eigenvalue weighted by Gasteiger charge is 2.40. The number of esters is 1. The first kappa shape index (κ1) is 36.4. The zero-order chi connectivity index (χ0) is 31.0. The molecule has 4 N–H and O–H groups in total. The highest BCUT2D eigenvalue weighted by Crippen LogP contribution is 2.34. The van der Waals surface area contributed by atoms with Crippen LogP contribution in [0.2, 0.25) is 0 Å². The fraction of sp³-hybridized carbons (Fsp3) is 0.914. The van der Waals surface area contributed by atoms with Gasteiger partial charge in [-0.1, -0.05) is 71.1 Å². The van der Waals surface area contributed by atoms with Crippen LogP contribution < -0.4 is 0 Å². The maximum absolute atomic E-state index is 11.7. The fourth-order valence-electron chi connectivity index (χ4n) is 6.95. The Bertz CT molecular complexity index is 803. The summed E-state index contributed by atoms with van der Waals surface area (Å²) in [7, 11) is 0. The lowest BCUT2D eigenvalue weighted by molar-refractivity contribution is -0.139. The van der Waals surface area contributed by atoms with E-state index in [1.807, 2.05) is 0 Å². The van der Waals surface area contributed by atoms with Gasteiger partial charge in [0.1, 0.15) is 6.10 Å². The van der Waals surface area contributed by atoms with E-state index >= 15 is 0 Å². The van der Waals surface area contributed by atoms with Crippen molar-refractivity contribution in [2.24, 2.45) is 0 Å². The van der Waals surface area contributed by atoms with Crippen LogP contribution in [0.4, 0.5) is 0 Å². The van der Waals surface area contributed by atoms with Gasteiger partial charge in [0.25, 0.3) is 0 Å². The van der Waals surface area contributed by atoms with E-state index in [1.165, 1.54) is 44.9 Å². The summed E-state index contributed by atoms with van der Waals surface area (Å²) >= 11 is 0. The zero-order valence-electron chi connectivity index (χ0n) is 27.0. The van der Waals surface area contributed by atoms with E-state index in [1.54, 1.807) is 13.0 Å². The van der Waals surface area contributed by atoms with Crippen molar-refractivity contribution in [2.75, 3.05) is 0 Å². The van der Waals surface area contributed by atoms with Crippen LogP contribution in [0.5, 0.6) is 0 Å². The standard InChI is InChI=1S/C35H62O8/c1-3-4-5-6-7-8-9-10-17-29(38)31-19-21-33(42-31)34-22-20-32(43-34)30(39)18-12-11-14-27(36)15-13-16-28(37)24-26-23-25(2)41-35(26)40/h23,25,27-34,36-39H,3-22,24H2,1-2H3/t25?,27?,28?,29-,30-,31-,32-,33-,34-/m0/s1. The first-order chi connectivity index (χ1) is 20.8. The van der Waals surface area contributed by atoms with Crippen molar-refractivity contribution >= 4 is 5.97 Å². The number of rotatable bonds is 23.